The standard InChI is InChI=1S/C23H27N5O/c1-17-11-10-12-18(2)20(17)28-22(24-25-26-28)23(15-8-5-9-16-23)27(3)21(29)19-13-6-4-7-14-19/h4,6-7,10-14H,5,8-9,15-16H2,1-3H3. The summed E-state index contributed by atoms with van der Waals surface area (Å²) in [5.74, 6) is 0.755. The molecule has 29 heavy (non-hydrogen) atoms. The first kappa shape index (κ1) is 19.3. The molecule has 1 aliphatic rings. The van der Waals surface area contributed by atoms with Gasteiger partial charge in [-0.2, -0.15) is 4.68 Å². The van der Waals surface area contributed by atoms with Crippen molar-refractivity contribution in [3.8, 4) is 5.69 Å². The van der Waals surface area contributed by atoms with Crippen LogP contribution in [0.3, 0.4) is 0 Å². The third kappa shape index (κ3) is 3.33. The van der Waals surface area contributed by atoms with E-state index in [2.05, 4.69) is 41.5 Å². The average Bonchev–Trinajstić information content (AvgIpc) is 3.23. The van der Waals surface area contributed by atoms with Gasteiger partial charge >= 0.3 is 0 Å². The quantitative estimate of drug-likeness (QED) is 0.670. The number of para-hydroxylation sites is 1. The molecular formula is C23H27N5O. The molecule has 150 valence electrons. The van der Waals surface area contributed by atoms with Gasteiger partial charge in [-0.15, -0.1) is 5.10 Å². The largest absolute Gasteiger partial charge is 0.329 e. The molecule has 0 unspecified atom stereocenters. The summed E-state index contributed by atoms with van der Waals surface area (Å²) in [5.41, 5.74) is 3.38. The molecule has 1 aromatic heterocycles. The molecule has 0 radical (unpaired) electrons. The van der Waals surface area contributed by atoms with E-state index in [-0.39, 0.29) is 5.91 Å². The number of hydrogen-bond donors (Lipinski definition) is 0. The van der Waals surface area contributed by atoms with Crippen molar-refractivity contribution in [2.75, 3.05) is 7.05 Å². The summed E-state index contributed by atoms with van der Waals surface area (Å²) in [5, 5.41) is 12.9. The lowest BCUT2D eigenvalue weighted by molar-refractivity contribution is 0.0386. The van der Waals surface area contributed by atoms with Gasteiger partial charge < -0.3 is 4.90 Å². The fourth-order valence-corrected chi connectivity index (χ4v) is 4.58. The van der Waals surface area contributed by atoms with Crippen LogP contribution in [0.2, 0.25) is 0 Å². The minimum Gasteiger partial charge on any atom is -0.329 e. The lowest BCUT2D eigenvalue weighted by atomic mass is 9.79. The van der Waals surface area contributed by atoms with Gasteiger partial charge in [0.2, 0.25) is 0 Å². The van der Waals surface area contributed by atoms with E-state index in [1.54, 1.807) is 0 Å². The van der Waals surface area contributed by atoms with E-state index >= 15 is 0 Å². The van der Waals surface area contributed by atoms with Crippen LogP contribution in [0.5, 0.6) is 0 Å². The van der Waals surface area contributed by atoms with Gasteiger partial charge in [-0.1, -0.05) is 55.7 Å². The predicted octanol–water partition coefficient (Wildman–Crippen LogP) is 4.21. The predicted molar refractivity (Wildman–Crippen MR) is 112 cm³/mol. The van der Waals surface area contributed by atoms with Gasteiger partial charge in [0.1, 0.15) is 5.54 Å². The Labute approximate surface area is 171 Å². The smallest absolute Gasteiger partial charge is 0.254 e. The van der Waals surface area contributed by atoms with Crippen LogP contribution in [-0.2, 0) is 5.54 Å². The first-order valence-corrected chi connectivity index (χ1v) is 10.2. The highest BCUT2D eigenvalue weighted by Crippen LogP contribution is 2.42. The second kappa shape index (κ2) is 7.78. The molecule has 0 spiro atoms. The zero-order valence-corrected chi connectivity index (χ0v) is 17.3. The summed E-state index contributed by atoms with van der Waals surface area (Å²) in [6, 6.07) is 15.6. The van der Waals surface area contributed by atoms with E-state index in [1.807, 2.05) is 53.0 Å². The van der Waals surface area contributed by atoms with Gasteiger partial charge in [-0.3, -0.25) is 4.79 Å². The van der Waals surface area contributed by atoms with Crippen LogP contribution in [0.4, 0.5) is 0 Å². The topological polar surface area (TPSA) is 63.9 Å². The van der Waals surface area contributed by atoms with Gasteiger partial charge in [0, 0.05) is 12.6 Å². The van der Waals surface area contributed by atoms with Crippen molar-refractivity contribution in [3.63, 3.8) is 0 Å². The average molecular weight is 390 g/mol. The second-order valence-electron chi connectivity index (χ2n) is 7.98. The summed E-state index contributed by atoms with van der Waals surface area (Å²) >= 11 is 0. The number of amides is 1. The molecule has 0 saturated heterocycles. The van der Waals surface area contributed by atoms with E-state index in [1.165, 1.54) is 6.42 Å². The van der Waals surface area contributed by atoms with Crippen molar-refractivity contribution < 1.29 is 4.79 Å². The molecule has 1 fully saturated rings. The molecule has 3 aromatic rings. The van der Waals surface area contributed by atoms with E-state index in [9.17, 15) is 4.79 Å². The zero-order chi connectivity index (χ0) is 20.4. The SMILES string of the molecule is Cc1cccc(C)c1-n1nnnc1C1(N(C)C(=O)c2ccccc2)CCCCC1. The zero-order valence-electron chi connectivity index (χ0n) is 17.3. The number of carbonyl (C=O) groups is 1. The van der Waals surface area contributed by atoms with Gasteiger partial charge in [0.25, 0.3) is 5.91 Å². The van der Waals surface area contributed by atoms with Crippen molar-refractivity contribution in [2.24, 2.45) is 0 Å². The molecular weight excluding hydrogens is 362 g/mol. The van der Waals surface area contributed by atoms with E-state index in [0.29, 0.717) is 5.56 Å². The summed E-state index contributed by atoms with van der Waals surface area (Å²) in [6.07, 6.45) is 4.97. The van der Waals surface area contributed by atoms with E-state index in [4.69, 9.17) is 0 Å². The number of aryl methyl sites for hydroxylation is 2. The van der Waals surface area contributed by atoms with Crippen LogP contribution in [0.25, 0.3) is 5.69 Å². The first-order chi connectivity index (χ1) is 14.0. The molecule has 1 amide bonds. The summed E-state index contributed by atoms with van der Waals surface area (Å²) in [4.78, 5) is 15.2. The fourth-order valence-electron chi connectivity index (χ4n) is 4.58. The summed E-state index contributed by atoms with van der Waals surface area (Å²) < 4.78 is 1.85. The maximum Gasteiger partial charge on any atom is 0.254 e. The van der Waals surface area contributed by atoms with Crippen LogP contribution >= 0.6 is 0 Å². The highest BCUT2D eigenvalue weighted by Gasteiger charge is 2.45. The number of hydrogen-bond acceptors (Lipinski definition) is 4. The Kier molecular flexibility index (Phi) is 5.18. The lowest BCUT2D eigenvalue weighted by Gasteiger charge is -2.43. The van der Waals surface area contributed by atoms with Gasteiger partial charge in [0.15, 0.2) is 5.82 Å². The van der Waals surface area contributed by atoms with Crippen molar-refractivity contribution >= 4 is 5.91 Å². The third-order valence-electron chi connectivity index (χ3n) is 6.19. The van der Waals surface area contributed by atoms with E-state index in [0.717, 1.165) is 48.3 Å². The fraction of sp³-hybridized carbons (Fsp3) is 0.391. The number of carbonyl (C=O) groups excluding carboxylic acids is 1. The Hall–Kier alpha value is -3.02. The number of rotatable bonds is 4. The van der Waals surface area contributed by atoms with Gasteiger partial charge in [0.05, 0.1) is 5.69 Å². The van der Waals surface area contributed by atoms with Crippen LogP contribution in [-0.4, -0.2) is 38.1 Å². The van der Waals surface area contributed by atoms with Crippen molar-refractivity contribution in [1.29, 1.82) is 0 Å². The molecule has 4 rings (SSSR count). The number of benzene rings is 2. The Morgan fingerprint density at radius 2 is 1.62 bits per heavy atom. The monoisotopic (exact) mass is 389 g/mol. The molecule has 0 atom stereocenters. The third-order valence-corrected chi connectivity index (χ3v) is 6.19. The molecule has 0 aliphatic heterocycles. The Morgan fingerprint density at radius 1 is 0.966 bits per heavy atom. The van der Waals surface area contributed by atoms with Crippen molar-refractivity contribution in [2.45, 2.75) is 51.5 Å². The molecule has 0 bridgehead atoms. The highest BCUT2D eigenvalue weighted by atomic mass is 16.2. The van der Waals surface area contributed by atoms with Crippen LogP contribution < -0.4 is 0 Å². The minimum absolute atomic E-state index is 0.00329. The Morgan fingerprint density at radius 3 is 2.28 bits per heavy atom. The number of aromatic nitrogens is 4. The molecule has 1 aliphatic carbocycles. The van der Waals surface area contributed by atoms with Gasteiger partial charge in [-0.25, -0.2) is 0 Å². The molecule has 2 aromatic carbocycles. The Balaban J connectivity index is 1.84. The normalized spacial score (nSPS) is 15.8. The van der Waals surface area contributed by atoms with Crippen molar-refractivity contribution in [3.05, 3.63) is 71.0 Å². The summed E-state index contributed by atoms with van der Waals surface area (Å²) in [7, 11) is 1.89. The lowest BCUT2D eigenvalue weighted by Crippen LogP contribution is -2.50. The molecule has 6 nitrogen and oxygen atoms in total. The molecule has 0 N–H and O–H groups in total. The Bertz CT molecular complexity index is 985. The van der Waals surface area contributed by atoms with Crippen molar-refractivity contribution in [1.82, 2.24) is 25.1 Å². The minimum atomic E-state index is -0.524. The second-order valence-corrected chi connectivity index (χ2v) is 7.98. The molecule has 1 heterocycles. The van der Waals surface area contributed by atoms with Crippen LogP contribution in [0, 0.1) is 13.8 Å². The first-order valence-electron chi connectivity index (χ1n) is 10.2. The maximum atomic E-state index is 13.4. The van der Waals surface area contributed by atoms with E-state index < -0.39 is 5.54 Å². The molecule has 6 heteroatoms. The number of tetrazole rings is 1. The highest BCUT2D eigenvalue weighted by molar-refractivity contribution is 5.94. The summed E-state index contributed by atoms with van der Waals surface area (Å²) in [6.45, 7) is 4.14. The van der Waals surface area contributed by atoms with Crippen LogP contribution in [0.15, 0.2) is 48.5 Å². The van der Waals surface area contributed by atoms with Crippen LogP contribution in [0.1, 0.15) is 59.4 Å². The van der Waals surface area contributed by atoms with Gasteiger partial charge in [-0.05, 0) is 60.4 Å². The molecule has 1 saturated carbocycles. The maximum absolute atomic E-state index is 13.4. The number of nitrogens with zero attached hydrogens (tertiary/aromatic N) is 5.